The summed E-state index contributed by atoms with van der Waals surface area (Å²) in [5, 5.41) is 20.9. The second-order valence-electron chi connectivity index (χ2n) is 6.48. The van der Waals surface area contributed by atoms with Gasteiger partial charge >= 0.3 is 5.97 Å². The summed E-state index contributed by atoms with van der Waals surface area (Å²) in [5.41, 5.74) is 1.86. The van der Waals surface area contributed by atoms with Gasteiger partial charge < -0.3 is 5.11 Å². The SMILES string of the molecule is CC(=O)C[C@H]1N=C(c2ccc(Cl)cc2)c2c(C(=O)O)csc2-n2c(C)nnc21. The van der Waals surface area contributed by atoms with Crippen LogP contribution in [0.4, 0.5) is 0 Å². The second kappa shape index (κ2) is 6.96. The zero-order valence-corrected chi connectivity index (χ0v) is 16.6. The van der Waals surface area contributed by atoms with Crippen molar-refractivity contribution in [2.24, 2.45) is 4.99 Å². The van der Waals surface area contributed by atoms with E-state index in [1.54, 1.807) is 41.1 Å². The van der Waals surface area contributed by atoms with E-state index in [1.807, 2.05) is 0 Å². The third-order valence-corrected chi connectivity index (χ3v) is 5.69. The highest BCUT2D eigenvalue weighted by Crippen LogP contribution is 2.37. The molecular weight excluding hydrogens is 400 g/mol. The molecule has 0 fully saturated rings. The van der Waals surface area contributed by atoms with Gasteiger partial charge in [0.05, 0.1) is 16.8 Å². The van der Waals surface area contributed by atoms with Gasteiger partial charge in [0.15, 0.2) is 5.82 Å². The number of carboxylic acids is 1. The lowest BCUT2D eigenvalue weighted by molar-refractivity contribution is -0.117. The monoisotopic (exact) mass is 414 g/mol. The molecule has 3 aromatic rings. The predicted octanol–water partition coefficient (Wildman–Crippen LogP) is 3.86. The Hall–Kier alpha value is -2.84. The standard InChI is InChI=1S/C19H15ClN4O3S/c1-9(25)7-14-17-23-22-10(2)24(17)18-15(13(8-28-18)19(26)27)16(21-14)11-3-5-12(20)6-4-11/h3-6,8,14H,7H2,1-2H3,(H,26,27)/t14-/m1/s1. The molecule has 3 heterocycles. The molecule has 0 bridgehead atoms. The number of nitrogens with zero attached hydrogens (tertiary/aromatic N) is 4. The normalized spacial score (nSPS) is 15.4. The molecule has 0 aliphatic carbocycles. The maximum atomic E-state index is 11.9. The molecular formula is C19H15ClN4O3S. The van der Waals surface area contributed by atoms with Gasteiger partial charge in [0.25, 0.3) is 0 Å². The molecule has 0 saturated carbocycles. The zero-order valence-electron chi connectivity index (χ0n) is 15.0. The summed E-state index contributed by atoms with van der Waals surface area (Å²) in [5.74, 6) is 0.0458. The van der Waals surface area contributed by atoms with Crippen LogP contribution in [0.1, 0.15) is 52.5 Å². The van der Waals surface area contributed by atoms with Crippen molar-refractivity contribution in [2.75, 3.05) is 0 Å². The van der Waals surface area contributed by atoms with Crippen molar-refractivity contribution in [1.29, 1.82) is 0 Å². The summed E-state index contributed by atoms with van der Waals surface area (Å²) in [7, 11) is 0. The van der Waals surface area contributed by atoms with Crippen LogP contribution in [0.3, 0.4) is 0 Å². The first-order chi connectivity index (χ1) is 13.4. The van der Waals surface area contributed by atoms with Crippen LogP contribution in [0.15, 0.2) is 34.6 Å². The number of Topliss-reactive ketones (excluding diaryl/α,β-unsaturated/α-hetero) is 1. The molecule has 1 aliphatic heterocycles. The Labute approximate surface area is 169 Å². The highest BCUT2D eigenvalue weighted by atomic mass is 35.5. The highest BCUT2D eigenvalue weighted by molar-refractivity contribution is 7.13. The molecule has 7 nitrogen and oxygen atoms in total. The molecule has 0 unspecified atom stereocenters. The summed E-state index contributed by atoms with van der Waals surface area (Å²) in [4.78, 5) is 28.6. The van der Waals surface area contributed by atoms with Crippen LogP contribution >= 0.6 is 22.9 Å². The first-order valence-electron chi connectivity index (χ1n) is 8.47. The highest BCUT2D eigenvalue weighted by Gasteiger charge is 2.33. The number of carboxylic acid groups (broad SMARTS) is 1. The number of carbonyl (C=O) groups is 2. The van der Waals surface area contributed by atoms with Crippen LogP contribution in [-0.2, 0) is 4.79 Å². The Morgan fingerprint density at radius 1 is 1.25 bits per heavy atom. The quantitative estimate of drug-likeness (QED) is 0.699. The molecule has 1 atom stereocenters. The number of ketones is 1. The molecule has 28 heavy (non-hydrogen) atoms. The maximum absolute atomic E-state index is 11.9. The number of hydrogen-bond donors (Lipinski definition) is 1. The van der Waals surface area contributed by atoms with E-state index in [9.17, 15) is 14.7 Å². The van der Waals surface area contributed by atoms with Crippen molar-refractivity contribution in [1.82, 2.24) is 14.8 Å². The smallest absolute Gasteiger partial charge is 0.337 e. The molecule has 2 aromatic heterocycles. The van der Waals surface area contributed by atoms with Crippen LogP contribution in [-0.4, -0.2) is 37.3 Å². The fourth-order valence-electron chi connectivity index (χ4n) is 3.26. The Bertz CT molecular complexity index is 1130. The predicted molar refractivity (Wildman–Crippen MR) is 106 cm³/mol. The van der Waals surface area contributed by atoms with Gasteiger partial charge in [-0.25, -0.2) is 4.79 Å². The third kappa shape index (κ3) is 3.04. The van der Waals surface area contributed by atoms with Crippen LogP contribution < -0.4 is 0 Å². The lowest BCUT2D eigenvalue weighted by Gasteiger charge is -2.11. The van der Waals surface area contributed by atoms with Crippen LogP contribution in [0.5, 0.6) is 0 Å². The summed E-state index contributed by atoms with van der Waals surface area (Å²) in [6.45, 7) is 3.28. The van der Waals surface area contributed by atoms with Crippen molar-refractivity contribution in [2.45, 2.75) is 26.3 Å². The van der Waals surface area contributed by atoms with Gasteiger partial charge in [0.2, 0.25) is 0 Å². The van der Waals surface area contributed by atoms with Crippen molar-refractivity contribution < 1.29 is 14.7 Å². The van der Waals surface area contributed by atoms with Gasteiger partial charge in [-0.3, -0.25) is 14.4 Å². The molecule has 9 heteroatoms. The third-order valence-electron chi connectivity index (χ3n) is 4.47. The molecule has 0 spiro atoms. The lowest BCUT2D eigenvalue weighted by atomic mass is 10.00. The lowest BCUT2D eigenvalue weighted by Crippen LogP contribution is -2.11. The number of thiophene rings is 1. The second-order valence-corrected chi connectivity index (χ2v) is 7.78. The summed E-state index contributed by atoms with van der Waals surface area (Å²) < 4.78 is 1.80. The summed E-state index contributed by atoms with van der Waals surface area (Å²) >= 11 is 7.31. The van der Waals surface area contributed by atoms with Crippen molar-refractivity contribution in [3.63, 3.8) is 0 Å². The van der Waals surface area contributed by atoms with Crippen LogP contribution in [0.25, 0.3) is 5.00 Å². The van der Waals surface area contributed by atoms with Gasteiger partial charge in [0.1, 0.15) is 22.7 Å². The number of aliphatic imine (C=N–C) groups is 1. The van der Waals surface area contributed by atoms with E-state index in [1.165, 1.54) is 18.3 Å². The fraction of sp³-hybridized carbons (Fsp3) is 0.211. The number of fused-ring (bicyclic) bond motifs is 3. The van der Waals surface area contributed by atoms with Gasteiger partial charge in [-0.05, 0) is 26.0 Å². The number of aromatic carboxylic acids is 1. The minimum Gasteiger partial charge on any atom is -0.478 e. The van der Waals surface area contributed by atoms with E-state index in [2.05, 4.69) is 10.2 Å². The van der Waals surface area contributed by atoms with Gasteiger partial charge in [0, 0.05) is 22.4 Å². The van der Waals surface area contributed by atoms with Crippen LogP contribution in [0, 0.1) is 6.92 Å². The number of aromatic nitrogens is 3. The van der Waals surface area contributed by atoms with Crippen molar-refractivity contribution in [3.05, 3.63) is 63.0 Å². The van der Waals surface area contributed by atoms with Crippen molar-refractivity contribution in [3.8, 4) is 5.00 Å². The average Bonchev–Trinajstić information content (AvgIpc) is 3.19. The van der Waals surface area contributed by atoms with E-state index in [4.69, 9.17) is 16.6 Å². The minimum atomic E-state index is -1.04. The molecule has 0 saturated heterocycles. The first kappa shape index (κ1) is 18.5. The van der Waals surface area contributed by atoms with Crippen molar-refractivity contribution >= 4 is 40.4 Å². The van der Waals surface area contributed by atoms with Gasteiger partial charge in [-0.2, -0.15) is 0 Å². The van der Waals surface area contributed by atoms with E-state index < -0.39 is 12.0 Å². The summed E-state index contributed by atoms with van der Waals surface area (Å²) in [6, 6.07) is 6.46. The number of benzene rings is 1. The fourth-order valence-corrected chi connectivity index (χ4v) is 4.49. The number of rotatable bonds is 4. The topological polar surface area (TPSA) is 97.4 Å². The van der Waals surface area contributed by atoms with E-state index in [0.717, 1.165) is 5.56 Å². The number of hydrogen-bond acceptors (Lipinski definition) is 6. The van der Waals surface area contributed by atoms with Gasteiger partial charge in [-0.1, -0.05) is 23.7 Å². The van der Waals surface area contributed by atoms with E-state index in [-0.39, 0.29) is 17.8 Å². The number of halogens is 1. The first-order valence-corrected chi connectivity index (χ1v) is 9.73. The molecule has 0 amide bonds. The van der Waals surface area contributed by atoms with E-state index >= 15 is 0 Å². The number of carbonyl (C=O) groups excluding carboxylic acids is 1. The Balaban J connectivity index is 2.05. The largest absolute Gasteiger partial charge is 0.478 e. The molecule has 4 rings (SSSR count). The molecule has 1 N–H and O–H groups in total. The van der Waals surface area contributed by atoms with Crippen LogP contribution in [0.2, 0.25) is 5.02 Å². The van der Waals surface area contributed by atoms with E-state index in [0.29, 0.717) is 32.9 Å². The zero-order chi connectivity index (χ0) is 20.0. The Morgan fingerprint density at radius 2 is 1.96 bits per heavy atom. The number of aryl methyl sites for hydroxylation is 1. The molecule has 142 valence electrons. The molecule has 1 aromatic carbocycles. The summed E-state index contributed by atoms with van der Waals surface area (Å²) in [6.07, 6.45) is 0.145. The Kier molecular flexibility index (Phi) is 4.60. The maximum Gasteiger partial charge on any atom is 0.337 e. The average molecular weight is 415 g/mol. The Morgan fingerprint density at radius 3 is 2.61 bits per heavy atom. The molecule has 0 radical (unpaired) electrons. The minimum absolute atomic E-state index is 0.0416. The van der Waals surface area contributed by atoms with Gasteiger partial charge in [-0.15, -0.1) is 21.5 Å². The molecule has 1 aliphatic rings.